The molecule has 0 aromatic carbocycles. The normalized spacial score (nSPS) is 16.0. The van der Waals surface area contributed by atoms with Crippen molar-refractivity contribution in [3.8, 4) is 0 Å². The lowest BCUT2D eigenvalue weighted by Gasteiger charge is -2.13. The van der Waals surface area contributed by atoms with E-state index in [0.29, 0.717) is 22.6 Å². The second kappa shape index (κ2) is 9.26. The van der Waals surface area contributed by atoms with Gasteiger partial charge in [-0.2, -0.15) is 0 Å². The molecule has 2 aliphatic rings. The number of amides is 2. The number of primary amides is 1. The van der Waals surface area contributed by atoms with Crippen molar-refractivity contribution in [3.63, 3.8) is 0 Å². The smallest absolute Gasteiger partial charge is 0.257 e. The third kappa shape index (κ3) is 5.16. The van der Waals surface area contributed by atoms with Crippen LogP contribution in [0.3, 0.4) is 0 Å². The van der Waals surface area contributed by atoms with E-state index in [4.69, 9.17) is 17.3 Å². The number of aromatic nitrogens is 1. The zero-order valence-corrected chi connectivity index (χ0v) is 18.1. The van der Waals surface area contributed by atoms with Crippen molar-refractivity contribution < 1.29 is 9.59 Å². The number of hydrogen-bond donors (Lipinski definition) is 2. The minimum Gasteiger partial charge on any atom is -0.366 e. The lowest BCUT2D eigenvalue weighted by Crippen LogP contribution is -2.22. The summed E-state index contributed by atoms with van der Waals surface area (Å²) in [5, 5.41) is 3.29. The number of rotatable bonds is 6. The van der Waals surface area contributed by atoms with E-state index in [0.717, 1.165) is 37.1 Å². The van der Waals surface area contributed by atoms with Crippen LogP contribution >= 0.6 is 11.6 Å². The molecule has 0 unspecified atom stereocenters. The Balaban J connectivity index is 1.83. The van der Waals surface area contributed by atoms with Crippen LogP contribution < -0.4 is 11.1 Å². The van der Waals surface area contributed by atoms with Gasteiger partial charge < -0.3 is 11.1 Å². The summed E-state index contributed by atoms with van der Waals surface area (Å²) in [5.74, 6) is -0.710. The van der Waals surface area contributed by atoms with E-state index >= 15 is 0 Å². The van der Waals surface area contributed by atoms with Crippen LogP contribution in [-0.4, -0.2) is 16.8 Å². The molecule has 1 aromatic heterocycles. The summed E-state index contributed by atoms with van der Waals surface area (Å²) in [6.07, 6.45) is 11.6. The van der Waals surface area contributed by atoms with Gasteiger partial charge in [-0.15, -0.1) is 0 Å². The van der Waals surface area contributed by atoms with Gasteiger partial charge in [0.1, 0.15) is 0 Å². The summed E-state index contributed by atoms with van der Waals surface area (Å²) < 4.78 is 0. The minimum atomic E-state index is -0.447. The van der Waals surface area contributed by atoms with Crippen LogP contribution in [0.5, 0.6) is 0 Å². The Hall–Kier alpha value is -2.92. The van der Waals surface area contributed by atoms with Crippen molar-refractivity contribution in [1.82, 2.24) is 10.3 Å². The molecule has 156 valence electrons. The van der Waals surface area contributed by atoms with Crippen molar-refractivity contribution in [2.75, 3.05) is 0 Å². The van der Waals surface area contributed by atoms with Crippen molar-refractivity contribution >= 4 is 23.4 Å². The zero-order valence-electron chi connectivity index (χ0n) is 17.3. The van der Waals surface area contributed by atoms with Gasteiger partial charge in [-0.05, 0) is 75.3 Å². The molecule has 3 N–H and O–H groups in total. The number of nitrogens with zero attached hydrogens (tertiary/aromatic N) is 1. The van der Waals surface area contributed by atoms with Gasteiger partial charge in [0.2, 0.25) is 5.91 Å². The van der Waals surface area contributed by atoms with Crippen LogP contribution in [0.15, 0.2) is 70.6 Å². The molecule has 3 rings (SSSR count). The van der Waals surface area contributed by atoms with Crippen LogP contribution in [0.1, 0.15) is 55.1 Å². The molecule has 2 amide bonds. The first-order valence-electron chi connectivity index (χ1n) is 9.95. The summed E-state index contributed by atoms with van der Waals surface area (Å²) >= 11 is 6.16. The second-order valence-corrected chi connectivity index (χ2v) is 8.16. The lowest BCUT2D eigenvalue weighted by molar-refractivity contribution is -0.114. The van der Waals surface area contributed by atoms with Gasteiger partial charge in [-0.1, -0.05) is 35.4 Å². The first kappa shape index (κ1) is 21.8. The maximum atomic E-state index is 12.8. The Morgan fingerprint density at radius 2 is 2.03 bits per heavy atom. The average Bonchev–Trinajstić information content (AvgIpc) is 2.99. The molecular formula is C24H26ClN3O2. The molecule has 5 nitrogen and oxygen atoms in total. The van der Waals surface area contributed by atoms with Gasteiger partial charge in [0.05, 0.1) is 10.6 Å². The highest BCUT2D eigenvalue weighted by Crippen LogP contribution is 2.35. The molecule has 6 heteroatoms. The molecule has 0 spiro atoms. The second-order valence-electron chi connectivity index (χ2n) is 7.75. The Kier molecular flexibility index (Phi) is 6.73. The number of carbonyl (C=O) groups is 2. The number of nitrogens with two attached hydrogens (primary N) is 1. The number of carbonyl (C=O) groups excluding carboxylic acids is 2. The number of fused-ring (bicyclic) bond motifs is 2. The van der Waals surface area contributed by atoms with Crippen molar-refractivity contribution in [2.45, 2.75) is 46.0 Å². The van der Waals surface area contributed by atoms with E-state index in [1.165, 1.54) is 28.5 Å². The number of halogens is 1. The first-order valence-corrected chi connectivity index (χ1v) is 10.3. The van der Waals surface area contributed by atoms with Crippen LogP contribution in [-0.2, 0) is 4.79 Å². The predicted octanol–water partition coefficient (Wildman–Crippen LogP) is 4.85. The summed E-state index contributed by atoms with van der Waals surface area (Å²) in [4.78, 5) is 28.2. The summed E-state index contributed by atoms with van der Waals surface area (Å²) in [6, 6.07) is 1.68. The van der Waals surface area contributed by atoms with Gasteiger partial charge >= 0.3 is 0 Å². The number of nitrogens with one attached hydrogen (secondary N) is 1. The topological polar surface area (TPSA) is 85.1 Å². The monoisotopic (exact) mass is 423 g/mol. The highest BCUT2D eigenvalue weighted by atomic mass is 35.5. The Labute approximate surface area is 182 Å². The van der Waals surface area contributed by atoms with Gasteiger partial charge in [-0.3, -0.25) is 14.6 Å². The molecule has 2 aliphatic carbocycles. The molecule has 0 saturated carbocycles. The molecule has 0 saturated heterocycles. The molecule has 30 heavy (non-hydrogen) atoms. The molecule has 0 fully saturated rings. The van der Waals surface area contributed by atoms with Crippen LogP contribution in [0.4, 0.5) is 0 Å². The highest BCUT2D eigenvalue weighted by Gasteiger charge is 2.19. The quantitative estimate of drug-likeness (QED) is 0.641. The Bertz CT molecular complexity index is 1040. The van der Waals surface area contributed by atoms with E-state index in [9.17, 15) is 9.59 Å². The Morgan fingerprint density at radius 3 is 2.77 bits per heavy atom. The number of aryl methyl sites for hydroxylation is 1. The van der Waals surface area contributed by atoms with Crippen LogP contribution in [0.25, 0.3) is 0 Å². The summed E-state index contributed by atoms with van der Waals surface area (Å²) in [6.45, 7) is 7.68. The van der Waals surface area contributed by atoms with Crippen molar-refractivity contribution in [2.24, 2.45) is 5.73 Å². The molecule has 0 atom stereocenters. The van der Waals surface area contributed by atoms with Crippen LogP contribution in [0, 0.1) is 6.92 Å². The first-order chi connectivity index (χ1) is 14.2. The molecule has 1 aromatic rings. The lowest BCUT2D eigenvalue weighted by atomic mass is 9.94. The zero-order chi connectivity index (χ0) is 21.8. The maximum Gasteiger partial charge on any atom is 0.257 e. The van der Waals surface area contributed by atoms with Gasteiger partial charge in [-0.25, -0.2) is 0 Å². The number of hydrogen-bond acceptors (Lipinski definition) is 3. The van der Waals surface area contributed by atoms with E-state index in [1.54, 1.807) is 6.07 Å². The van der Waals surface area contributed by atoms with Crippen LogP contribution in [0.2, 0.25) is 5.02 Å². The van der Waals surface area contributed by atoms with Gasteiger partial charge in [0.15, 0.2) is 0 Å². The molecular weight excluding hydrogens is 398 g/mol. The van der Waals surface area contributed by atoms with Gasteiger partial charge in [0, 0.05) is 23.2 Å². The average molecular weight is 424 g/mol. The largest absolute Gasteiger partial charge is 0.366 e. The van der Waals surface area contributed by atoms with Crippen molar-refractivity contribution in [3.05, 3.63) is 86.9 Å². The van der Waals surface area contributed by atoms with Crippen molar-refractivity contribution in [1.29, 1.82) is 0 Å². The molecule has 2 bridgehead atoms. The van der Waals surface area contributed by atoms with Gasteiger partial charge in [0.25, 0.3) is 5.91 Å². The fourth-order valence-corrected chi connectivity index (χ4v) is 3.86. The van der Waals surface area contributed by atoms with E-state index in [2.05, 4.69) is 29.9 Å². The molecule has 1 heterocycles. The fraction of sp³-hybridized carbons (Fsp3) is 0.292. The fourth-order valence-electron chi connectivity index (χ4n) is 3.67. The SMILES string of the molecule is C=C(CCC1=C(C)C2=CC(NC(=O)c3cc(C)ncc3Cl)=CC=C(CC1)C2)C(N)=O. The third-order valence-corrected chi connectivity index (χ3v) is 5.88. The molecule has 0 radical (unpaired) electrons. The Morgan fingerprint density at radius 1 is 1.27 bits per heavy atom. The summed E-state index contributed by atoms with van der Waals surface area (Å²) in [5.41, 5.74) is 12.6. The number of pyridine rings is 1. The minimum absolute atomic E-state index is 0.263. The predicted molar refractivity (Wildman–Crippen MR) is 120 cm³/mol. The van der Waals surface area contributed by atoms with E-state index in [-0.39, 0.29) is 5.91 Å². The molecule has 0 aliphatic heterocycles. The highest BCUT2D eigenvalue weighted by molar-refractivity contribution is 6.33. The summed E-state index contributed by atoms with van der Waals surface area (Å²) in [7, 11) is 0. The van der Waals surface area contributed by atoms with E-state index < -0.39 is 5.91 Å². The third-order valence-electron chi connectivity index (χ3n) is 5.58. The maximum absolute atomic E-state index is 12.8. The number of allylic oxidation sites excluding steroid dienone is 7. The van der Waals surface area contributed by atoms with E-state index in [1.807, 2.05) is 19.1 Å². The standard InChI is InChI=1S/C24H26ClN3O2/c1-14(23(26)29)4-7-18-8-5-17-6-9-20(12-19(11-17)16(18)3)28-24(30)21-10-15(2)27-13-22(21)25/h6,9-10,12-13H,1,4-5,7-8,11H2,2-3H3,(H2,26,29)(H,28,30).